The summed E-state index contributed by atoms with van der Waals surface area (Å²) in [5, 5.41) is 10.2. The summed E-state index contributed by atoms with van der Waals surface area (Å²) in [6.07, 6.45) is 0.916. The topological polar surface area (TPSA) is 40.5 Å². The molecule has 0 bridgehead atoms. The van der Waals surface area contributed by atoms with Crippen LogP contribution in [0.15, 0.2) is 18.2 Å². The third-order valence-electron chi connectivity index (χ3n) is 3.14. The molecule has 86 valence electrons. The summed E-state index contributed by atoms with van der Waals surface area (Å²) in [7, 11) is 0. The van der Waals surface area contributed by atoms with Gasteiger partial charge in [-0.1, -0.05) is 17.7 Å². The molecule has 1 amide bonds. The van der Waals surface area contributed by atoms with Crippen LogP contribution in [0.4, 0.5) is 5.69 Å². The number of hydrogen-bond donors (Lipinski definition) is 1. The van der Waals surface area contributed by atoms with Crippen molar-refractivity contribution in [2.45, 2.75) is 39.3 Å². The minimum absolute atomic E-state index is 0.00282. The summed E-state index contributed by atoms with van der Waals surface area (Å²) < 4.78 is 0. The average Bonchev–Trinajstić information content (AvgIpc) is 2.43. The Balaban J connectivity index is 2.47. The third-order valence-corrected chi connectivity index (χ3v) is 3.14. The third kappa shape index (κ3) is 1.71. The Kier molecular flexibility index (Phi) is 2.50. The number of carbonyl (C=O) groups excluding carboxylic acids is 1. The van der Waals surface area contributed by atoms with Gasteiger partial charge in [-0.25, -0.2) is 0 Å². The molecular weight excluding hydrogens is 202 g/mol. The van der Waals surface area contributed by atoms with Crippen LogP contribution in [0.25, 0.3) is 0 Å². The van der Waals surface area contributed by atoms with Gasteiger partial charge in [-0.3, -0.25) is 9.69 Å². The lowest BCUT2D eigenvalue weighted by Gasteiger charge is -2.31. The fourth-order valence-electron chi connectivity index (χ4n) is 2.29. The van der Waals surface area contributed by atoms with E-state index >= 15 is 0 Å². The lowest BCUT2D eigenvalue weighted by Crippen LogP contribution is -2.43. The Morgan fingerprint density at radius 3 is 2.56 bits per heavy atom. The normalized spacial score (nSPS) is 25.2. The van der Waals surface area contributed by atoms with Gasteiger partial charge >= 0.3 is 0 Å². The quantitative estimate of drug-likeness (QED) is 0.786. The summed E-state index contributed by atoms with van der Waals surface area (Å²) in [5.41, 5.74) is 1.96. The maximum Gasteiger partial charge on any atom is 0.229 e. The number of anilines is 1. The molecule has 1 saturated heterocycles. The van der Waals surface area contributed by atoms with Crippen molar-refractivity contribution in [1.29, 1.82) is 0 Å². The number of nitrogens with zero attached hydrogens (tertiary/aromatic N) is 1. The zero-order valence-electron chi connectivity index (χ0n) is 9.95. The Morgan fingerprint density at radius 2 is 2.06 bits per heavy atom. The lowest BCUT2D eigenvalue weighted by atomic mass is 10.1. The summed E-state index contributed by atoms with van der Waals surface area (Å²) in [6, 6.07) is 5.89. The second kappa shape index (κ2) is 3.59. The molecule has 0 spiro atoms. The van der Waals surface area contributed by atoms with Crippen molar-refractivity contribution < 1.29 is 9.90 Å². The van der Waals surface area contributed by atoms with Gasteiger partial charge in [0.25, 0.3) is 0 Å². The minimum Gasteiger partial charge on any atom is -0.371 e. The van der Waals surface area contributed by atoms with Crippen LogP contribution in [0.3, 0.4) is 0 Å². The molecule has 0 aliphatic carbocycles. The van der Waals surface area contributed by atoms with E-state index in [4.69, 9.17) is 0 Å². The molecule has 1 aliphatic heterocycles. The zero-order chi connectivity index (χ0) is 11.9. The van der Waals surface area contributed by atoms with Gasteiger partial charge < -0.3 is 5.11 Å². The van der Waals surface area contributed by atoms with Crippen molar-refractivity contribution in [3.05, 3.63) is 29.3 Å². The lowest BCUT2D eigenvalue weighted by molar-refractivity contribution is -0.118. The van der Waals surface area contributed by atoms with Crippen LogP contribution >= 0.6 is 0 Å². The van der Waals surface area contributed by atoms with Crippen LogP contribution in [0.2, 0.25) is 0 Å². The number of carbonyl (C=O) groups is 1. The molecule has 0 saturated carbocycles. The Labute approximate surface area is 95.7 Å². The Morgan fingerprint density at radius 1 is 1.38 bits per heavy atom. The fraction of sp³-hybridized carbons (Fsp3) is 0.462. The number of rotatable bonds is 1. The molecule has 1 atom stereocenters. The molecule has 1 N–H and O–H groups in total. The molecule has 1 aromatic carbocycles. The smallest absolute Gasteiger partial charge is 0.229 e. The second-order valence-corrected chi connectivity index (χ2v) is 4.74. The van der Waals surface area contributed by atoms with Gasteiger partial charge in [0.2, 0.25) is 5.91 Å². The molecule has 1 fully saturated rings. The SMILES string of the molecule is Cc1ccc(N2C(=O)CCC2(C)O)c(C)c1. The highest BCUT2D eigenvalue weighted by atomic mass is 16.3. The number of benzene rings is 1. The molecule has 1 aromatic rings. The molecule has 1 heterocycles. The van der Waals surface area contributed by atoms with E-state index in [9.17, 15) is 9.90 Å². The number of amides is 1. The van der Waals surface area contributed by atoms with Crippen molar-refractivity contribution in [2.75, 3.05) is 4.90 Å². The first kappa shape index (κ1) is 11.1. The van der Waals surface area contributed by atoms with E-state index in [-0.39, 0.29) is 5.91 Å². The first-order chi connectivity index (χ1) is 7.42. The Hall–Kier alpha value is -1.35. The largest absolute Gasteiger partial charge is 0.371 e. The van der Waals surface area contributed by atoms with Crippen LogP contribution in [0, 0.1) is 13.8 Å². The first-order valence-corrected chi connectivity index (χ1v) is 5.54. The standard InChI is InChI=1S/C13H17NO2/c1-9-4-5-11(10(2)8-9)14-12(15)6-7-13(14,3)16/h4-5,8,16H,6-7H2,1-3H3. The van der Waals surface area contributed by atoms with Crippen LogP contribution in [-0.4, -0.2) is 16.7 Å². The van der Waals surface area contributed by atoms with Crippen molar-refractivity contribution in [1.82, 2.24) is 0 Å². The van der Waals surface area contributed by atoms with Crippen molar-refractivity contribution in [2.24, 2.45) is 0 Å². The predicted molar refractivity (Wildman–Crippen MR) is 63.3 cm³/mol. The summed E-state index contributed by atoms with van der Waals surface area (Å²) in [6.45, 7) is 5.67. The monoisotopic (exact) mass is 219 g/mol. The molecule has 0 aromatic heterocycles. The summed E-state index contributed by atoms with van der Waals surface area (Å²) in [4.78, 5) is 13.3. The van der Waals surface area contributed by atoms with E-state index in [1.165, 1.54) is 4.90 Å². The number of aliphatic hydroxyl groups is 1. The maximum atomic E-state index is 11.8. The molecule has 2 rings (SSSR count). The fourth-order valence-corrected chi connectivity index (χ4v) is 2.29. The van der Waals surface area contributed by atoms with Gasteiger partial charge in [-0.05, 0) is 32.4 Å². The summed E-state index contributed by atoms with van der Waals surface area (Å²) in [5.74, 6) is -0.00282. The highest BCUT2D eigenvalue weighted by Gasteiger charge is 2.41. The van der Waals surface area contributed by atoms with Gasteiger partial charge in [0.05, 0.1) is 0 Å². The molecule has 3 nitrogen and oxygen atoms in total. The molecule has 1 aliphatic rings. The van der Waals surface area contributed by atoms with E-state index < -0.39 is 5.72 Å². The summed E-state index contributed by atoms with van der Waals surface area (Å²) >= 11 is 0. The van der Waals surface area contributed by atoms with Crippen molar-refractivity contribution >= 4 is 11.6 Å². The molecular formula is C13H17NO2. The van der Waals surface area contributed by atoms with Gasteiger partial charge in [0.1, 0.15) is 5.72 Å². The van der Waals surface area contributed by atoms with E-state index in [1.807, 2.05) is 32.0 Å². The van der Waals surface area contributed by atoms with E-state index in [1.54, 1.807) is 6.92 Å². The average molecular weight is 219 g/mol. The van der Waals surface area contributed by atoms with Gasteiger partial charge in [-0.15, -0.1) is 0 Å². The van der Waals surface area contributed by atoms with Crippen LogP contribution < -0.4 is 4.90 Å². The molecule has 3 heteroatoms. The maximum absolute atomic E-state index is 11.8. The van der Waals surface area contributed by atoms with Crippen molar-refractivity contribution in [3.63, 3.8) is 0 Å². The van der Waals surface area contributed by atoms with Crippen molar-refractivity contribution in [3.8, 4) is 0 Å². The van der Waals surface area contributed by atoms with Crippen LogP contribution in [0.5, 0.6) is 0 Å². The molecule has 0 radical (unpaired) electrons. The molecule has 16 heavy (non-hydrogen) atoms. The highest BCUT2D eigenvalue weighted by Crippen LogP contribution is 2.34. The van der Waals surface area contributed by atoms with Gasteiger partial charge in [0.15, 0.2) is 0 Å². The second-order valence-electron chi connectivity index (χ2n) is 4.74. The van der Waals surface area contributed by atoms with Gasteiger partial charge in [-0.2, -0.15) is 0 Å². The Bertz CT molecular complexity index is 438. The number of hydrogen-bond acceptors (Lipinski definition) is 2. The van der Waals surface area contributed by atoms with Crippen LogP contribution in [0.1, 0.15) is 30.9 Å². The molecule has 1 unspecified atom stereocenters. The van der Waals surface area contributed by atoms with E-state index in [0.29, 0.717) is 12.8 Å². The highest BCUT2D eigenvalue weighted by molar-refractivity contribution is 5.97. The first-order valence-electron chi connectivity index (χ1n) is 5.54. The van der Waals surface area contributed by atoms with Gasteiger partial charge in [0, 0.05) is 18.5 Å². The van der Waals surface area contributed by atoms with Crippen LogP contribution in [-0.2, 0) is 4.79 Å². The minimum atomic E-state index is -1.04. The van der Waals surface area contributed by atoms with E-state index in [0.717, 1.165) is 16.8 Å². The zero-order valence-corrected chi connectivity index (χ0v) is 9.95. The van der Waals surface area contributed by atoms with E-state index in [2.05, 4.69) is 0 Å². The predicted octanol–water partition coefficient (Wildman–Crippen LogP) is 2.14. The number of aryl methyl sites for hydroxylation is 2.